The van der Waals surface area contributed by atoms with Crippen LogP contribution in [0.5, 0.6) is 0 Å². The molecule has 1 atom stereocenters. The molecular weight excluding hydrogens is 290 g/mol. The van der Waals surface area contributed by atoms with Crippen LogP contribution in [0.4, 0.5) is 14.5 Å². The Labute approximate surface area is 125 Å². The van der Waals surface area contributed by atoms with Crippen LogP contribution in [0.3, 0.4) is 0 Å². The van der Waals surface area contributed by atoms with E-state index in [-0.39, 0.29) is 12.1 Å². The average Bonchev–Trinajstić information content (AvgIpc) is 3.00. The zero-order valence-corrected chi connectivity index (χ0v) is 11.8. The van der Waals surface area contributed by atoms with Crippen LogP contribution < -0.4 is 5.32 Å². The normalized spacial score (nSPS) is 14.0. The minimum Gasteiger partial charge on any atom is -0.466 e. The molecular formula is C16H14F2N2O2. The summed E-state index contributed by atoms with van der Waals surface area (Å²) in [5, 5.41) is 13.7. The molecule has 4 nitrogen and oxygen atoms in total. The van der Waals surface area contributed by atoms with Crippen molar-refractivity contribution in [3.05, 3.63) is 60.2 Å². The van der Waals surface area contributed by atoms with E-state index < -0.39 is 17.2 Å². The standard InChI is InChI=1S/C16H14F2N2O2/c1-16(21,14-3-2-6-22-14)9-20-13-4-5-19-15-11(13)7-10(17)8-12(15)18/h2-8,21H,9H2,1H3,(H,19,20). The summed E-state index contributed by atoms with van der Waals surface area (Å²) >= 11 is 0. The van der Waals surface area contributed by atoms with Crippen LogP contribution in [-0.4, -0.2) is 16.6 Å². The molecule has 0 aliphatic carbocycles. The number of hydrogen-bond donors (Lipinski definition) is 2. The molecule has 2 heterocycles. The summed E-state index contributed by atoms with van der Waals surface area (Å²) in [5.74, 6) is -1.01. The van der Waals surface area contributed by atoms with Crippen LogP contribution in [0.25, 0.3) is 10.9 Å². The number of rotatable bonds is 4. The number of hydrogen-bond acceptors (Lipinski definition) is 4. The van der Waals surface area contributed by atoms with Gasteiger partial charge < -0.3 is 14.8 Å². The van der Waals surface area contributed by atoms with Crippen molar-refractivity contribution in [1.82, 2.24) is 4.98 Å². The van der Waals surface area contributed by atoms with Gasteiger partial charge in [-0.05, 0) is 31.2 Å². The second-order valence-electron chi connectivity index (χ2n) is 5.25. The number of anilines is 1. The predicted molar refractivity (Wildman–Crippen MR) is 78.4 cm³/mol. The number of aromatic nitrogens is 1. The quantitative estimate of drug-likeness (QED) is 0.775. The van der Waals surface area contributed by atoms with Crippen molar-refractivity contribution < 1.29 is 18.3 Å². The Morgan fingerprint density at radius 2 is 2.14 bits per heavy atom. The monoisotopic (exact) mass is 304 g/mol. The predicted octanol–water partition coefficient (Wildman–Crippen LogP) is 3.43. The Kier molecular flexibility index (Phi) is 3.54. The summed E-state index contributed by atoms with van der Waals surface area (Å²) < 4.78 is 32.3. The highest BCUT2D eigenvalue weighted by Crippen LogP contribution is 2.27. The van der Waals surface area contributed by atoms with E-state index in [1.807, 2.05) is 0 Å². The van der Waals surface area contributed by atoms with Crippen molar-refractivity contribution in [2.24, 2.45) is 0 Å². The van der Waals surface area contributed by atoms with Gasteiger partial charge in [0.15, 0.2) is 5.82 Å². The summed E-state index contributed by atoms with van der Waals surface area (Å²) in [4.78, 5) is 3.91. The first-order valence-corrected chi connectivity index (χ1v) is 6.71. The number of nitrogens with one attached hydrogen (secondary N) is 1. The second-order valence-corrected chi connectivity index (χ2v) is 5.25. The van der Waals surface area contributed by atoms with Gasteiger partial charge in [-0.25, -0.2) is 8.78 Å². The number of aliphatic hydroxyl groups is 1. The maximum Gasteiger partial charge on any atom is 0.152 e. The third kappa shape index (κ3) is 2.65. The number of benzene rings is 1. The highest BCUT2D eigenvalue weighted by molar-refractivity contribution is 5.91. The summed E-state index contributed by atoms with van der Waals surface area (Å²) in [5.41, 5.74) is -0.704. The van der Waals surface area contributed by atoms with Gasteiger partial charge in [-0.2, -0.15) is 0 Å². The van der Waals surface area contributed by atoms with Crippen LogP contribution in [0.1, 0.15) is 12.7 Å². The van der Waals surface area contributed by atoms with Gasteiger partial charge in [-0.3, -0.25) is 4.98 Å². The zero-order valence-electron chi connectivity index (χ0n) is 11.8. The molecule has 1 aromatic carbocycles. The Bertz CT molecular complexity index is 801. The van der Waals surface area contributed by atoms with Crippen LogP contribution in [0.15, 0.2) is 47.2 Å². The molecule has 0 amide bonds. The van der Waals surface area contributed by atoms with E-state index in [1.165, 1.54) is 18.5 Å². The molecule has 6 heteroatoms. The highest BCUT2D eigenvalue weighted by atomic mass is 19.1. The largest absolute Gasteiger partial charge is 0.466 e. The van der Waals surface area contributed by atoms with Crippen molar-refractivity contribution in [3.8, 4) is 0 Å². The lowest BCUT2D eigenvalue weighted by Gasteiger charge is -2.22. The number of pyridine rings is 1. The summed E-state index contributed by atoms with van der Waals surface area (Å²) in [6, 6.07) is 6.93. The van der Waals surface area contributed by atoms with E-state index in [1.54, 1.807) is 25.1 Å². The van der Waals surface area contributed by atoms with Gasteiger partial charge in [-0.15, -0.1) is 0 Å². The lowest BCUT2D eigenvalue weighted by Crippen LogP contribution is -2.30. The van der Waals surface area contributed by atoms with E-state index in [4.69, 9.17) is 4.42 Å². The fourth-order valence-electron chi connectivity index (χ4n) is 2.27. The topological polar surface area (TPSA) is 58.3 Å². The van der Waals surface area contributed by atoms with Gasteiger partial charge in [0.2, 0.25) is 0 Å². The van der Waals surface area contributed by atoms with Crippen molar-refractivity contribution in [2.75, 3.05) is 11.9 Å². The first-order chi connectivity index (χ1) is 10.5. The third-order valence-electron chi connectivity index (χ3n) is 3.44. The van der Waals surface area contributed by atoms with E-state index in [0.29, 0.717) is 16.8 Å². The smallest absolute Gasteiger partial charge is 0.152 e. The fourth-order valence-corrected chi connectivity index (χ4v) is 2.27. The lowest BCUT2D eigenvalue weighted by molar-refractivity contribution is 0.0477. The van der Waals surface area contributed by atoms with Gasteiger partial charge >= 0.3 is 0 Å². The van der Waals surface area contributed by atoms with Gasteiger partial charge in [0.05, 0.1) is 12.8 Å². The van der Waals surface area contributed by atoms with E-state index in [2.05, 4.69) is 10.3 Å². The Morgan fingerprint density at radius 3 is 2.86 bits per heavy atom. The number of nitrogens with zero attached hydrogens (tertiary/aromatic N) is 1. The minimum absolute atomic E-state index is 0.0732. The van der Waals surface area contributed by atoms with Crippen molar-refractivity contribution in [3.63, 3.8) is 0 Å². The van der Waals surface area contributed by atoms with Gasteiger partial charge in [-0.1, -0.05) is 0 Å². The van der Waals surface area contributed by atoms with E-state index >= 15 is 0 Å². The van der Waals surface area contributed by atoms with E-state index in [9.17, 15) is 13.9 Å². The van der Waals surface area contributed by atoms with Crippen molar-refractivity contribution >= 4 is 16.6 Å². The minimum atomic E-state index is -1.26. The molecule has 0 aliphatic heterocycles. The SMILES string of the molecule is CC(O)(CNc1ccnc2c(F)cc(F)cc12)c1ccco1. The number of fused-ring (bicyclic) bond motifs is 1. The molecule has 22 heavy (non-hydrogen) atoms. The first-order valence-electron chi connectivity index (χ1n) is 6.71. The van der Waals surface area contributed by atoms with Crippen LogP contribution >= 0.6 is 0 Å². The third-order valence-corrected chi connectivity index (χ3v) is 3.44. The molecule has 0 bridgehead atoms. The molecule has 0 radical (unpaired) electrons. The fraction of sp³-hybridized carbons (Fsp3) is 0.188. The Morgan fingerprint density at radius 1 is 1.32 bits per heavy atom. The number of furan rings is 1. The molecule has 2 aromatic heterocycles. The maximum absolute atomic E-state index is 13.7. The maximum atomic E-state index is 13.7. The summed E-state index contributed by atoms with van der Waals surface area (Å²) in [6.45, 7) is 1.70. The van der Waals surface area contributed by atoms with Gasteiger partial charge in [0.1, 0.15) is 22.7 Å². The highest BCUT2D eigenvalue weighted by Gasteiger charge is 2.26. The summed E-state index contributed by atoms with van der Waals surface area (Å²) in [6.07, 6.45) is 2.89. The average molecular weight is 304 g/mol. The molecule has 0 fully saturated rings. The second kappa shape index (κ2) is 5.38. The molecule has 3 rings (SSSR count). The molecule has 0 spiro atoms. The van der Waals surface area contributed by atoms with Gasteiger partial charge in [0, 0.05) is 23.3 Å². The Balaban J connectivity index is 1.91. The molecule has 3 aromatic rings. The number of halogens is 2. The van der Waals surface area contributed by atoms with Gasteiger partial charge in [0.25, 0.3) is 0 Å². The van der Waals surface area contributed by atoms with Crippen molar-refractivity contribution in [2.45, 2.75) is 12.5 Å². The molecule has 0 saturated heterocycles. The Hall–Kier alpha value is -2.47. The van der Waals surface area contributed by atoms with E-state index in [0.717, 1.165) is 6.07 Å². The molecule has 1 unspecified atom stereocenters. The van der Waals surface area contributed by atoms with Crippen LogP contribution in [0, 0.1) is 11.6 Å². The lowest BCUT2D eigenvalue weighted by atomic mass is 10.0. The summed E-state index contributed by atoms with van der Waals surface area (Å²) in [7, 11) is 0. The molecule has 0 aliphatic rings. The zero-order chi connectivity index (χ0) is 15.7. The molecule has 114 valence electrons. The van der Waals surface area contributed by atoms with Crippen LogP contribution in [0.2, 0.25) is 0 Å². The molecule has 2 N–H and O–H groups in total. The van der Waals surface area contributed by atoms with Crippen LogP contribution in [-0.2, 0) is 5.60 Å². The van der Waals surface area contributed by atoms with Crippen molar-refractivity contribution in [1.29, 1.82) is 0 Å². The molecule has 0 saturated carbocycles. The first kappa shape index (κ1) is 14.5.